The van der Waals surface area contributed by atoms with E-state index >= 15 is 0 Å². The summed E-state index contributed by atoms with van der Waals surface area (Å²) in [6.07, 6.45) is 5.43. The largest absolute Gasteiger partial charge is 0.372 e. The van der Waals surface area contributed by atoms with Crippen LogP contribution in [0.2, 0.25) is 0 Å². The molecule has 2 aromatic heterocycles. The van der Waals surface area contributed by atoms with Gasteiger partial charge in [-0.25, -0.2) is 18.4 Å². The third-order valence-electron chi connectivity index (χ3n) is 3.55. The van der Waals surface area contributed by atoms with Gasteiger partial charge in [0.05, 0.1) is 17.7 Å². The zero-order valence-corrected chi connectivity index (χ0v) is 12.3. The van der Waals surface area contributed by atoms with Crippen LogP contribution in [0.15, 0.2) is 18.6 Å². The van der Waals surface area contributed by atoms with Gasteiger partial charge >= 0.3 is 0 Å². The maximum Gasteiger partial charge on any atom is 0.180 e. The number of hydrogen-bond acceptors (Lipinski definition) is 6. The highest BCUT2D eigenvalue weighted by molar-refractivity contribution is 7.91. The van der Waals surface area contributed by atoms with Crippen LogP contribution in [0, 0.1) is 0 Å². The second-order valence-electron chi connectivity index (χ2n) is 5.01. The highest BCUT2D eigenvalue weighted by Gasteiger charge is 2.30. The summed E-state index contributed by atoms with van der Waals surface area (Å²) in [5.41, 5.74) is 0.746. The van der Waals surface area contributed by atoms with Crippen molar-refractivity contribution in [2.75, 3.05) is 35.3 Å². The monoisotopic (exact) mass is 295 g/mol. The summed E-state index contributed by atoms with van der Waals surface area (Å²) >= 11 is 0. The molecule has 0 spiro atoms. The third-order valence-corrected chi connectivity index (χ3v) is 5.35. The molecule has 0 aliphatic carbocycles. The minimum atomic E-state index is -2.94. The number of hydrogen-bond donors (Lipinski definition) is 1. The number of rotatable bonds is 2. The molecule has 1 fully saturated rings. The molecule has 8 heteroatoms. The highest BCUT2D eigenvalue weighted by Crippen LogP contribution is 2.25. The fourth-order valence-electron chi connectivity index (χ4n) is 2.54. The Balaban J connectivity index is 2.07. The number of imidazole rings is 1. The average Bonchev–Trinajstić information content (AvgIpc) is 2.85. The third kappa shape index (κ3) is 2.20. The maximum atomic E-state index is 11.7. The van der Waals surface area contributed by atoms with Gasteiger partial charge in [0.1, 0.15) is 5.82 Å². The Hall–Kier alpha value is -1.83. The smallest absolute Gasteiger partial charge is 0.180 e. The van der Waals surface area contributed by atoms with Gasteiger partial charge in [-0.05, 0) is 6.92 Å². The van der Waals surface area contributed by atoms with E-state index in [9.17, 15) is 8.42 Å². The van der Waals surface area contributed by atoms with Crippen LogP contribution in [0.4, 0.5) is 11.6 Å². The molecule has 20 heavy (non-hydrogen) atoms. The topological polar surface area (TPSA) is 79.6 Å². The molecular weight excluding hydrogens is 278 g/mol. The normalized spacial score (nSPS) is 22.1. The van der Waals surface area contributed by atoms with Gasteiger partial charge in [-0.1, -0.05) is 0 Å². The van der Waals surface area contributed by atoms with Crippen LogP contribution < -0.4 is 10.2 Å². The minimum absolute atomic E-state index is 0.103. The van der Waals surface area contributed by atoms with Gasteiger partial charge in [-0.2, -0.15) is 0 Å². The molecule has 7 nitrogen and oxygen atoms in total. The molecular formula is C12H17N5O2S. The molecule has 2 aromatic rings. The van der Waals surface area contributed by atoms with Crippen molar-refractivity contribution in [1.82, 2.24) is 14.4 Å². The summed E-state index contributed by atoms with van der Waals surface area (Å²) in [5, 5.41) is 3.01. The van der Waals surface area contributed by atoms with Gasteiger partial charge in [0, 0.05) is 32.0 Å². The molecule has 0 bridgehead atoms. The van der Waals surface area contributed by atoms with E-state index in [-0.39, 0.29) is 17.5 Å². The lowest BCUT2D eigenvalue weighted by Crippen LogP contribution is -2.47. The van der Waals surface area contributed by atoms with Crippen molar-refractivity contribution in [3.8, 4) is 0 Å². The van der Waals surface area contributed by atoms with Crippen molar-refractivity contribution in [3.05, 3.63) is 18.6 Å². The fraction of sp³-hybridized carbons (Fsp3) is 0.500. The first-order valence-corrected chi connectivity index (χ1v) is 8.31. The summed E-state index contributed by atoms with van der Waals surface area (Å²) in [4.78, 5) is 10.9. The lowest BCUT2D eigenvalue weighted by atomic mass is 10.3. The fourth-order valence-corrected chi connectivity index (χ4v) is 4.10. The molecule has 0 radical (unpaired) electrons. The minimum Gasteiger partial charge on any atom is -0.372 e. The quantitative estimate of drug-likeness (QED) is 0.863. The number of aromatic nitrogens is 3. The second-order valence-corrected chi connectivity index (χ2v) is 7.24. The predicted octanol–water partition coefficient (Wildman–Crippen LogP) is 0.394. The Bertz CT molecular complexity index is 739. The number of fused-ring (bicyclic) bond motifs is 1. The van der Waals surface area contributed by atoms with Crippen LogP contribution in [-0.2, 0) is 9.84 Å². The number of nitrogens with one attached hydrogen (secondary N) is 1. The molecule has 0 saturated carbocycles. The van der Waals surface area contributed by atoms with Crippen molar-refractivity contribution < 1.29 is 8.42 Å². The van der Waals surface area contributed by atoms with Crippen LogP contribution in [0.1, 0.15) is 6.92 Å². The summed E-state index contributed by atoms with van der Waals surface area (Å²) < 4.78 is 25.3. The standard InChI is InChI=1S/C12H17N5O2S/c1-9-8-20(18,19)6-5-17(9)12-11-14-3-4-16(11)7-10(13-2)15-12/h3-4,7,9,13H,5-6,8H2,1-2H3. The van der Waals surface area contributed by atoms with Crippen molar-refractivity contribution in [1.29, 1.82) is 0 Å². The lowest BCUT2D eigenvalue weighted by molar-refractivity contribution is 0.567. The first-order chi connectivity index (χ1) is 9.50. The van der Waals surface area contributed by atoms with E-state index in [0.29, 0.717) is 6.54 Å². The van der Waals surface area contributed by atoms with E-state index in [0.717, 1.165) is 17.3 Å². The molecule has 1 aliphatic heterocycles. The van der Waals surface area contributed by atoms with Gasteiger partial charge in [0.25, 0.3) is 0 Å². The van der Waals surface area contributed by atoms with Gasteiger partial charge in [0.15, 0.2) is 21.3 Å². The Labute approximate surface area is 117 Å². The van der Waals surface area contributed by atoms with Gasteiger partial charge in [-0.3, -0.25) is 0 Å². The highest BCUT2D eigenvalue weighted by atomic mass is 32.2. The molecule has 0 aromatic carbocycles. The van der Waals surface area contributed by atoms with E-state index in [1.807, 2.05) is 28.6 Å². The Morgan fingerprint density at radius 3 is 2.95 bits per heavy atom. The molecule has 3 heterocycles. The second kappa shape index (κ2) is 4.62. The van der Waals surface area contributed by atoms with Crippen LogP contribution in [0.3, 0.4) is 0 Å². The Morgan fingerprint density at radius 2 is 2.25 bits per heavy atom. The van der Waals surface area contributed by atoms with E-state index < -0.39 is 9.84 Å². The molecule has 1 saturated heterocycles. The molecule has 108 valence electrons. The van der Waals surface area contributed by atoms with Crippen LogP contribution >= 0.6 is 0 Å². The van der Waals surface area contributed by atoms with E-state index in [1.165, 1.54) is 0 Å². The zero-order chi connectivity index (χ0) is 14.3. The molecule has 1 unspecified atom stereocenters. The van der Waals surface area contributed by atoms with E-state index in [2.05, 4.69) is 15.3 Å². The molecule has 1 atom stereocenters. The van der Waals surface area contributed by atoms with Crippen molar-refractivity contribution in [2.45, 2.75) is 13.0 Å². The molecule has 3 rings (SSSR count). The van der Waals surface area contributed by atoms with Crippen LogP contribution in [-0.4, -0.2) is 53.9 Å². The number of anilines is 2. The maximum absolute atomic E-state index is 11.7. The first kappa shape index (κ1) is 13.2. The lowest BCUT2D eigenvalue weighted by Gasteiger charge is -2.34. The Morgan fingerprint density at radius 1 is 1.45 bits per heavy atom. The molecule has 0 amide bonds. The Kier molecular flexibility index (Phi) is 3.04. The number of nitrogens with zero attached hydrogens (tertiary/aromatic N) is 4. The molecule has 1 aliphatic rings. The van der Waals surface area contributed by atoms with Crippen LogP contribution in [0.5, 0.6) is 0 Å². The van der Waals surface area contributed by atoms with Crippen molar-refractivity contribution in [3.63, 3.8) is 0 Å². The van der Waals surface area contributed by atoms with E-state index in [1.54, 1.807) is 13.2 Å². The zero-order valence-electron chi connectivity index (χ0n) is 11.4. The average molecular weight is 295 g/mol. The van der Waals surface area contributed by atoms with Crippen molar-refractivity contribution >= 4 is 27.1 Å². The summed E-state index contributed by atoms with van der Waals surface area (Å²) in [6, 6.07) is -0.103. The number of sulfone groups is 1. The first-order valence-electron chi connectivity index (χ1n) is 6.49. The SMILES string of the molecule is CNc1cn2ccnc2c(N2CCS(=O)(=O)CC2C)n1. The summed E-state index contributed by atoms with van der Waals surface area (Å²) in [5.74, 6) is 1.77. The molecule has 1 N–H and O–H groups in total. The van der Waals surface area contributed by atoms with Crippen molar-refractivity contribution in [2.24, 2.45) is 0 Å². The van der Waals surface area contributed by atoms with Gasteiger partial charge in [-0.15, -0.1) is 0 Å². The summed E-state index contributed by atoms with van der Waals surface area (Å²) in [6.45, 7) is 2.36. The van der Waals surface area contributed by atoms with E-state index in [4.69, 9.17) is 0 Å². The van der Waals surface area contributed by atoms with Gasteiger partial charge < -0.3 is 14.6 Å². The predicted molar refractivity (Wildman–Crippen MR) is 78.0 cm³/mol. The summed E-state index contributed by atoms with van der Waals surface area (Å²) in [7, 11) is -1.14. The van der Waals surface area contributed by atoms with Gasteiger partial charge in [0.2, 0.25) is 0 Å². The van der Waals surface area contributed by atoms with Crippen LogP contribution in [0.25, 0.3) is 5.65 Å².